The van der Waals surface area contributed by atoms with Crippen molar-refractivity contribution in [2.24, 2.45) is 5.92 Å². The summed E-state index contributed by atoms with van der Waals surface area (Å²) < 4.78 is 5.14. The van der Waals surface area contributed by atoms with Crippen LogP contribution in [0.25, 0.3) is 10.2 Å². The van der Waals surface area contributed by atoms with Gasteiger partial charge in [-0.2, -0.15) is 0 Å². The number of nitrogens with one attached hydrogen (secondary N) is 1. The number of fused-ring (bicyclic) bond motifs is 2. The summed E-state index contributed by atoms with van der Waals surface area (Å²) in [5, 5.41) is 3.79. The Hall–Kier alpha value is -2.60. The van der Waals surface area contributed by atoms with E-state index in [-0.39, 0.29) is 5.91 Å². The van der Waals surface area contributed by atoms with Gasteiger partial charge in [-0.1, -0.05) is 6.92 Å². The zero-order valence-corrected chi connectivity index (χ0v) is 15.7. The molecule has 1 amide bonds. The van der Waals surface area contributed by atoms with E-state index in [1.54, 1.807) is 31.4 Å². The molecule has 0 bridgehead atoms. The minimum Gasteiger partial charge on any atom is -0.497 e. The van der Waals surface area contributed by atoms with Crippen molar-refractivity contribution >= 4 is 38.8 Å². The lowest BCUT2D eigenvalue weighted by atomic mass is 9.87. The number of hydrogen-bond donors (Lipinski definition) is 2. The number of carbonyl (C=O) groups is 1. The van der Waals surface area contributed by atoms with Crippen molar-refractivity contribution in [3.63, 3.8) is 0 Å². The first kappa shape index (κ1) is 16.8. The summed E-state index contributed by atoms with van der Waals surface area (Å²) in [5.74, 6) is 1.20. The molecular weight excluding hydrogens is 346 g/mol. The summed E-state index contributed by atoms with van der Waals surface area (Å²) in [6.07, 6.45) is 3.19. The minimum absolute atomic E-state index is 0.206. The molecule has 1 aromatic carbocycles. The van der Waals surface area contributed by atoms with Gasteiger partial charge in [-0.05, 0) is 61.1 Å². The third-order valence-electron chi connectivity index (χ3n) is 4.89. The number of methoxy groups -OCH3 is 1. The second kappa shape index (κ2) is 6.61. The summed E-state index contributed by atoms with van der Waals surface area (Å²) in [5.41, 5.74) is 9.94. The maximum absolute atomic E-state index is 12.7. The number of aryl methyl sites for hydroxylation is 1. The summed E-state index contributed by atoms with van der Waals surface area (Å²) in [7, 11) is 1.61. The molecule has 134 valence electrons. The van der Waals surface area contributed by atoms with Crippen molar-refractivity contribution in [1.29, 1.82) is 0 Å². The number of ether oxygens (including phenoxy) is 1. The highest BCUT2D eigenvalue weighted by Gasteiger charge is 2.22. The van der Waals surface area contributed by atoms with Crippen molar-refractivity contribution in [2.75, 3.05) is 18.2 Å². The number of pyridine rings is 1. The number of hydrogen-bond acceptors (Lipinski definition) is 5. The van der Waals surface area contributed by atoms with Crippen LogP contribution in [-0.2, 0) is 12.8 Å². The Labute approximate surface area is 156 Å². The van der Waals surface area contributed by atoms with Crippen LogP contribution in [0.4, 0.5) is 11.4 Å². The van der Waals surface area contributed by atoms with Crippen molar-refractivity contribution in [3.8, 4) is 5.75 Å². The summed E-state index contributed by atoms with van der Waals surface area (Å²) in [6, 6.07) is 9.35. The zero-order valence-electron chi connectivity index (χ0n) is 14.8. The van der Waals surface area contributed by atoms with Gasteiger partial charge < -0.3 is 15.8 Å². The maximum Gasteiger partial charge on any atom is 0.267 e. The normalized spacial score (nSPS) is 16.3. The molecule has 4 rings (SSSR count). The SMILES string of the molecule is COc1ccc(NC(=O)c2sc3nc4c(cc3c2N)C[C@@H](C)CC4)cc1. The lowest BCUT2D eigenvalue weighted by Crippen LogP contribution is -2.12. The summed E-state index contributed by atoms with van der Waals surface area (Å²) in [6.45, 7) is 2.26. The summed E-state index contributed by atoms with van der Waals surface area (Å²) >= 11 is 1.36. The molecule has 1 atom stereocenters. The number of amides is 1. The van der Waals surface area contributed by atoms with E-state index < -0.39 is 0 Å². The Morgan fingerprint density at radius 1 is 1.35 bits per heavy atom. The zero-order chi connectivity index (χ0) is 18.3. The Balaban J connectivity index is 1.65. The van der Waals surface area contributed by atoms with Gasteiger partial charge in [0.2, 0.25) is 0 Å². The molecule has 0 unspecified atom stereocenters. The number of nitrogen functional groups attached to an aromatic ring is 1. The third-order valence-corrected chi connectivity index (χ3v) is 6.00. The molecule has 1 aliphatic rings. The van der Waals surface area contributed by atoms with Crippen LogP contribution in [0.5, 0.6) is 5.75 Å². The Kier molecular flexibility index (Phi) is 4.28. The molecule has 0 fully saturated rings. The van der Waals surface area contributed by atoms with Gasteiger partial charge in [0, 0.05) is 16.8 Å². The third kappa shape index (κ3) is 3.01. The average molecular weight is 367 g/mol. The molecule has 2 heterocycles. The van der Waals surface area contributed by atoms with Gasteiger partial charge in [0.25, 0.3) is 5.91 Å². The first-order valence-electron chi connectivity index (χ1n) is 8.71. The van der Waals surface area contributed by atoms with Crippen LogP contribution in [0.15, 0.2) is 30.3 Å². The Morgan fingerprint density at radius 3 is 2.85 bits per heavy atom. The van der Waals surface area contributed by atoms with Crippen molar-refractivity contribution in [1.82, 2.24) is 4.98 Å². The molecule has 0 spiro atoms. The predicted molar refractivity (Wildman–Crippen MR) is 106 cm³/mol. The first-order chi connectivity index (χ1) is 12.5. The van der Waals surface area contributed by atoms with E-state index in [2.05, 4.69) is 18.3 Å². The van der Waals surface area contributed by atoms with Crippen LogP contribution in [0.1, 0.15) is 34.3 Å². The standard InChI is InChI=1S/C20H21N3O2S/c1-11-3-8-16-12(9-11)10-15-17(21)18(26-20(15)23-16)19(24)22-13-4-6-14(25-2)7-5-13/h4-7,10-11H,3,8-9,21H2,1-2H3,(H,22,24)/t11-/m0/s1. The van der Waals surface area contributed by atoms with Gasteiger partial charge in [0.15, 0.2) is 0 Å². The van der Waals surface area contributed by atoms with Gasteiger partial charge in [-0.3, -0.25) is 4.79 Å². The van der Waals surface area contributed by atoms with E-state index in [1.165, 1.54) is 16.9 Å². The van der Waals surface area contributed by atoms with Crippen LogP contribution in [-0.4, -0.2) is 18.0 Å². The maximum atomic E-state index is 12.7. The molecule has 0 radical (unpaired) electrons. The van der Waals surface area contributed by atoms with Gasteiger partial charge in [0.1, 0.15) is 15.5 Å². The highest BCUT2D eigenvalue weighted by Crippen LogP contribution is 2.36. The van der Waals surface area contributed by atoms with Gasteiger partial charge >= 0.3 is 0 Å². The first-order valence-corrected chi connectivity index (χ1v) is 9.53. The van der Waals surface area contributed by atoms with Crippen LogP contribution in [0, 0.1) is 5.92 Å². The monoisotopic (exact) mass is 367 g/mol. The highest BCUT2D eigenvalue weighted by molar-refractivity contribution is 7.21. The van der Waals surface area contributed by atoms with Crippen LogP contribution < -0.4 is 15.8 Å². The molecule has 6 heteroatoms. The topological polar surface area (TPSA) is 77.2 Å². The fourth-order valence-electron chi connectivity index (χ4n) is 3.40. The molecule has 2 aromatic heterocycles. The van der Waals surface area contributed by atoms with E-state index in [1.807, 2.05) is 0 Å². The smallest absolute Gasteiger partial charge is 0.267 e. The molecule has 5 nitrogen and oxygen atoms in total. The van der Waals surface area contributed by atoms with Crippen molar-refractivity contribution < 1.29 is 9.53 Å². The lowest BCUT2D eigenvalue weighted by Gasteiger charge is -2.20. The van der Waals surface area contributed by atoms with Gasteiger partial charge in [-0.15, -0.1) is 11.3 Å². The van der Waals surface area contributed by atoms with Gasteiger partial charge in [0.05, 0.1) is 12.8 Å². The van der Waals surface area contributed by atoms with Crippen LogP contribution >= 0.6 is 11.3 Å². The fourth-order valence-corrected chi connectivity index (χ4v) is 4.39. The number of nitrogens with zero attached hydrogens (tertiary/aromatic N) is 1. The minimum atomic E-state index is -0.206. The number of aromatic nitrogens is 1. The Morgan fingerprint density at radius 2 is 2.12 bits per heavy atom. The quantitative estimate of drug-likeness (QED) is 0.725. The molecule has 26 heavy (non-hydrogen) atoms. The molecule has 1 aliphatic carbocycles. The van der Waals surface area contributed by atoms with Crippen molar-refractivity contribution in [3.05, 3.63) is 46.5 Å². The van der Waals surface area contributed by atoms with Crippen molar-refractivity contribution in [2.45, 2.75) is 26.2 Å². The number of carbonyl (C=O) groups excluding carboxylic acids is 1. The number of thiophene rings is 1. The van der Waals surface area contributed by atoms with Crippen LogP contribution in [0.2, 0.25) is 0 Å². The number of rotatable bonds is 3. The van der Waals surface area contributed by atoms with Gasteiger partial charge in [-0.25, -0.2) is 4.98 Å². The molecule has 0 saturated heterocycles. The highest BCUT2D eigenvalue weighted by atomic mass is 32.1. The summed E-state index contributed by atoms with van der Waals surface area (Å²) in [4.78, 5) is 18.8. The van der Waals surface area contributed by atoms with E-state index in [4.69, 9.17) is 15.5 Å². The molecule has 0 aliphatic heterocycles. The Bertz CT molecular complexity index is 979. The average Bonchev–Trinajstić information content (AvgIpc) is 2.96. The lowest BCUT2D eigenvalue weighted by molar-refractivity contribution is 0.103. The van der Waals surface area contributed by atoms with E-state index in [0.717, 1.165) is 40.9 Å². The second-order valence-electron chi connectivity index (χ2n) is 6.82. The molecule has 3 aromatic rings. The number of anilines is 2. The molecular formula is C20H21N3O2S. The van der Waals surface area contributed by atoms with E-state index in [9.17, 15) is 4.79 Å². The predicted octanol–water partition coefficient (Wildman–Crippen LogP) is 4.26. The number of nitrogens with two attached hydrogens (primary N) is 1. The van der Waals surface area contributed by atoms with Crippen LogP contribution in [0.3, 0.4) is 0 Å². The fraction of sp³-hybridized carbons (Fsp3) is 0.300. The second-order valence-corrected chi connectivity index (χ2v) is 7.82. The largest absolute Gasteiger partial charge is 0.497 e. The number of benzene rings is 1. The molecule has 3 N–H and O–H groups in total. The molecule has 0 saturated carbocycles. The van der Waals surface area contributed by atoms with E-state index in [0.29, 0.717) is 22.2 Å². The van der Waals surface area contributed by atoms with E-state index >= 15 is 0 Å².